The Balaban J connectivity index is 0.000000606. The van der Waals surface area contributed by atoms with Gasteiger partial charge in [0, 0.05) is 0 Å². The SMILES string of the molecule is C=C(C)Cc1cc2c(cc1C)CCC2.CC. The molecule has 1 aliphatic rings. The van der Waals surface area contributed by atoms with Crippen LogP contribution in [0.3, 0.4) is 0 Å². The average Bonchev–Trinajstić information content (AvgIpc) is 2.68. The Morgan fingerprint density at radius 2 is 1.75 bits per heavy atom. The second-order valence-corrected chi connectivity index (χ2v) is 4.53. The number of allylic oxidation sites excluding steroid dienone is 1. The van der Waals surface area contributed by atoms with Crippen molar-refractivity contribution in [1.29, 1.82) is 0 Å². The Hall–Kier alpha value is -1.04. The lowest BCUT2D eigenvalue weighted by atomic mass is 9.97. The second kappa shape index (κ2) is 5.89. The monoisotopic (exact) mass is 216 g/mol. The second-order valence-electron chi connectivity index (χ2n) is 4.53. The average molecular weight is 216 g/mol. The van der Waals surface area contributed by atoms with E-state index < -0.39 is 0 Å². The normalized spacial score (nSPS) is 12.8. The number of hydrogen-bond acceptors (Lipinski definition) is 0. The van der Waals surface area contributed by atoms with Crippen LogP contribution in [0.1, 0.15) is 49.4 Å². The highest BCUT2D eigenvalue weighted by Crippen LogP contribution is 2.26. The first-order valence-electron chi connectivity index (χ1n) is 6.42. The van der Waals surface area contributed by atoms with Crippen molar-refractivity contribution in [2.24, 2.45) is 0 Å². The third kappa shape index (κ3) is 2.98. The molecule has 0 nitrogen and oxygen atoms in total. The number of fused-ring (bicyclic) bond motifs is 1. The summed E-state index contributed by atoms with van der Waals surface area (Å²) < 4.78 is 0. The van der Waals surface area contributed by atoms with Crippen LogP contribution in [-0.2, 0) is 19.3 Å². The highest BCUT2D eigenvalue weighted by Gasteiger charge is 2.12. The first-order chi connectivity index (χ1) is 7.66. The summed E-state index contributed by atoms with van der Waals surface area (Å²) in [5, 5.41) is 0. The van der Waals surface area contributed by atoms with Gasteiger partial charge in [-0.05, 0) is 61.8 Å². The minimum Gasteiger partial charge on any atom is -0.0998 e. The zero-order valence-electron chi connectivity index (χ0n) is 11.2. The van der Waals surface area contributed by atoms with E-state index in [1.807, 2.05) is 13.8 Å². The quantitative estimate of drug-likeness (QED) is 0.632. The van der Waals surface area contributed by atoms with Gasteiger partial charge in [-0.25, -0.2) is 0 Å². The first kappa shape index (κ1) is 13.0. The lowest BCUT2D eigenvalue weighted by molar-refractivity contribution is 0.911. The summed E-state index contributed by atoms with van der Waals surface area (Å²) in [6.07, 6.45) is 4.94. The standard InChI is InChI=1S/C14H18.C2H6/c1-10(2)7-14-9-13-6-4-5-12(13)8-11(14)3;1-2/h8-9H,1,4-7H2,2-3H3;1-2H3. The van der Waals surface area contributed by atoms with Crippen molar-refractivity contribution in [3.05, 3.63) is 46.5 Å². The lowest BCUT2D eigenvalue weighted by Gasteiger charge is -2.09. The van der Waals surface area contributed by atoms with Gasteiger partial charge in [0.15, 0.2) is 0 Å². The Morgan fingerprint density at radius 3 is 2.31 bits per heavy atom. The van der Waals surface area contributed by atoms with Crippen LogP contribution in [-0.4, -0.2) is 0 Å². The molecule has 1 aliphatic carbocycles. The van der Waals surface area contributed by atoms with Gasteiger partial charge < -0.3 is 0 Å². The highest BCUT2D eigenvalue weighted by molar-refractivity contribution is 5.41. The fourth-order valence-corrected chi connectivity index (χ4v) is 2.31. The minimum atomic E-state index is 1.04. The van der Waals surface area contributed by atoms with Gasteiger partial charge >= 0.3 is 0 Å². The fraction of sp³-hybridized carbons (Fsp3) is 0.500. The van der Waals surface area contributed by atoms with E-state index >= 15 is 0 Å². The summed E-state index contributed by atoms with van der Waals surface area (Å²) in [5.74, 6) is 0. The molecule has 0 amide bonds. The van der Waals surface area contributed by atoms with Crippen LogP contribution >= 0.6 is 0 Å². The number of hydrogen-bond donors (Lipinski definition) is 0. The Labute approximate surface area is 100 Å². The van der Waals surface area contributed by atoms with Gasteiger partial charge in [-0.1, -0.05) is 38.1 Å². The molecule has 0 atom stereocenters. The van der Waals surface area contributed by atoms with Crippen molar-refractivity contribution in [3.63, 3.8) is 0 Å². The molecule has 0 saturated carbocycles. The molecular weight excluding hydrogens is 192 g/mol. The van der Waals surface area contributed by atoms with E-state index in [1.165, 1.54) is 36.0 Å². The minimum absolute atomic E-state index is 1.04. The van der Waals surface area contributed by atoms with Gasteiger partial charge in [0.2, 0.25) is 0 Å². The Bertz CT molecular complexity index is 372. The maximum absolute atomic E-state index is 3.99. The topological polar surface area (TPSA) is 0 Å². The van der Waals surface area contributed by atoms with E-state index in [-0.39, 0.29) is 0 Å². The van der Waals surface area contributed by atoms with Crippen molar-refractivity contribution >= 4 is 0 Å². The Kier molecular flexibility index (Phi) is 4.79. The molecule has 0 heterocycles. The van der Waals surface area contributed by atoms with Gasteiger partial charge in [0.25, 0.3) is 0 Å². The predicted octanol–water partition coefficient (Wildman–Crippen LogP) is 4.63. The molecule has 1 aromatic rings. The van der Waals surface area contributed by atoms with Gasteiger partial charge in [0.1, 0.15) is 0 Å². The fourth-order valence-electron chi connectivity index (χ4n) is 2.31. The molecule has 0 saturated heterocycles. The first-order valence-corrected chi connectivity index (χ1v) is 6.42. The van der Waals surface area contributed by atoms with Gasteiger partial charge in [0.05, 0.1) is 0 Å². The third-order valence-corrected chi connectivity index (χ3v) is 3.04. The molecule has 0 N–H and O–H groups in total. The smallest absolute Gasteiger partial charge is 0.00698 e. The van der Waals surface area contributed by atoms with Crippen molar-refractivity contribution in [2.45, 2.75) is 53.4 Å². The summed E-state index contributed by atoms with van der Waals surface area (Å²) >= 11 is 0. The molecule has 0 heteroatoms. The molecule has 2 rings (SSSR count). The molecular formula is C16H24. The van der Waals surface area contributed by atoms with Gasteiger partial charge in [-0.3, -0.25) is 0 Å². The highest BCUT2D eigenvalue weighted by atomic mass is 14.2. The van der Waals surface area contributed by atoms with E-state index in [0.29, 0.717) is 0 Å². The number of rotatable bonds is 2. The zero-order valence-corrected chi connectivity index (χ0v) is 11.2. The van der Waals surface area contributed by atoms with E-state index in [9.17, 15) is 0 Å². The van der Waals surface area contributed by atoms with Gasteiger partial charge in [-0.2, -0.15) is 0 Å². The van der Waals surface area contributed by atoms with Crippen molar-refractivity contribution in [2.75, 3.05) is 0 Å². The zero-order chi connectivity index (χ0) is 12.1. The summed E-state index contributed by atoms with van der Waals surface area (Å²) in [4.78, 5) is 0. The summed E-state index contributed by atoms with van der Waals surface area (Å²) in [5.41, 5.74) is 7.32. The largest absolute Gasteiger partial charge is 0.0998 e. The van der Waals surface area contributed by atoms with E-state index in [1.54, 1.807) is 11.1 Å². The summed E-state index contributed by atoms with van der Waals surface area (Å²) in [7, 11) is 0. The molecule has 16 heavy (non-hydrogen) atoms. The molecule has 0 aliphatic heterocycles. The molecule has 0 aromatic heterocycles. The molecule has 0 spiro atoms. The van der Waals surface area contributed by atoms with Crippen LogP contribution in [0.4, 0.5) is 0 Å². The summed E-state index contributed by atoms with van der Waals surface area (Å²) in [6, 6.07) is 4.77. The van der Waals surface area contributed by atoms with Crippen LogP contribution in [0.25, 0.3) is 0 Å². The maximum Gasteiger partial charge on any atom is -0.00698 e. The molecule has 0 fully saturated rings. The van der Waals surface area contributed by atoms with E-state index in [0.717, 1.165) is 6.42 Å². The summed E-state index contributed by atoms with van der Waals surface area (Å²) in [6.45, 7) is 12.3. The van der Waals surface area contributed by atoms with Gasteiger partial charge in [-0.15, -0.1) is 0 Å². The molecule has 0 unspecified atom stereocenters. The Morgan fingerprint density at radius 1 is 1.19 bits per heavy atom. The van der Waals surface area contributed by atoms with Crippen LogP contribution in [0.15, 0.2) is 24.3 Å². The van der Waals surface area contributed by atoms with E-state index in [2.05, 4.69) is 32.6 Å². The molecule has 0 radical (unpaired) electrons. The molecule has 88 valence electrons. The van der Waals surface area contributed by atoms with Crippen molar-refractivity contribution < 1.29 is 0 Å². The van der Waals surface area contributed by atoms with Crippen LogP contribution in [0.5, 0.6) is 0 Å². The van der Waals surface area contributed by atoms with Crippen LogP contribution in [0.2, 0.25) is 0 Å². The third-order valence-electron chi connectivity index (χ3n) is 3.04. The maximum atomic E-state index is 3.99. The molecule has 1 aromatic carbocycles. The van der Waals surface area contributed by atoms with Crippen LogP contribution in [0, 0.1) is 6.92 Å². The molecule has 0 bridgehead atoms. The van der Waals surface area contributed by atoms with Crippen molar-refractivity contribution in [1.82, 2.24) is 0 Å². The van der Waals surface area contributed by atoms with E-state index in [4.69, 9.17) is 0 Å². The van der Waals surface area contributed by atoms with Crippen LogP contribution < -0.4 is 0 Å². The number of aryl methyl sites for hydroxylation is 3. The lowest BCUT2D eigenvalue weighted by Crippen LogP contribution is -1.94. The predicted molar refractivity (Wildman–Crippen MR) is 73.1 cm³/mol. The van der Waals surface area contributed by atoms with Crippen molar-refractivity contribution in [3.8, 4) is 0 Å². The number of benzene rings is 1.